The molecule has 2 heterocycles. The summed E-state index contributed by atoms with van der Waals surface area (Å²) < 4.78 is 26.4. The Kier molecular flexibility index (Phi) is 4.07. The molecule has 7 nitrogen and oxygen atoms in total. The van der Waals surface area contributed by atoms with Crippen LogP contribution in [-0.2, 0) is 10.0 Å². The largest absolute Gasteiger partial charge is 0.478 e. The van der Waals surface area contributed by atoms with E-state index in [0.29, 0.717) is 19.6 Å². The Labute approximate surface area is 117 Å². The zero-order valence-electron chi connectivity index (χ0n) is 11.4. The van der Waals surface area contributed by atoms with E-state index in [4.69, 9.17) is 5.11 Å². The first-order chi connectivity index (χ1) is 9.32. The van der Waals surface area contributed by atoms with Gasteiger partial charge in [0.1, 0.15) is 0 Å². The van der Waals surface area contributed by atoms with E-state index in [1.807, 2.05) is 14.0 Å². The molecular formula is C12H17N3O4S. The van der Waals surface area contributed by atoms with E-state index in [0.717, 1.165) is 6.20 Å². The van der Waals surface area contributed by atoms with Crippen LogP contribution < -0.4 is 0 Å². The molecule has 1 aliphatic heterocycles. The standard InChI is InChI=1S/C12H17N3O4S/c1-9-8-14(2)5-6-15(9)20(18,19)11-4-3-10(7-13-11)12(16)17/h3-4,7,9H,5-6,8H2,1-2H3,(H,16,17). The van der Waals surface area contributed by atoms with Gasteiger partial charge >= 0.3 is 5.97 Å². The molecule has 1 aromatic heterocycles. The molecule has 1 atom stereocenters. The van der Waals surface area contributed by atoms with Gasteiger partial charge in [0.25, 0.3) is 10.0 Å². The maximum Gasteiger partial charge on any atom is 0.337 e. The third-order valence-electron chi connectivity index (χ3n) is 3.33. The minimum absolute atomic E-state index is 0.0321. The number of carboxylic acids is 1. The number of aromatic nitrogens is 1. The van der Waals surface area contributed by atoms with E-state index in [2.05, 4.69) is 9.88 Å². The lowest BCUT2D eigenvalue weighted by Crippen LogP contribution is -2.52. The number of carbonyl (C=O) groups is 1. The molecule has 110 valence electrons. The van der Waals surface area contributed by atoms with Crippen LogP contribution in [0, 0.1) is 0 Å². The van der Waals surface area contributed by atoms with Gasteiger partial charge in [-0.1, -0.05) is 0 Å². The fraction of sp³-hybridized carbons (Fsp3) is 0.500. The van der Waals surface area contributed by atoms with Crippen molar-refractivity contribution in [2.45, 2.75) is 18.0 Å². The molecule has 0 spiro atoms. The van der Waals surface area contributed by atoms with Gasteiger partial charge in [0, 0.05) is 31.9 Å². The molecule has 0 saturated carbocycles. The molecule has 1 N–H and O–H groups in total. The van der Waals surface area contributed by atoms with Crippen LogP contribution in [0.15, 0.2) is 23.4 Å². The number of rotatable bonds is 3. The molecule has 1 saturated heterocycles. The quantitative estimate of drug-likeness (QED) is 0.851. The minimum Gasteiger partial charge on any atom is -0.478 e. The highest BCUT2D eigenvalue weighted by Crippen LogP contribution is 2.19. The maximum atomic E-state index is 12.5. The van der Waals surface area contributed by atoms with Gasteiger partial charge in [0.15, 0.2) is 5.03 Å². The highest BCUT2D eigenvalue weighted by molar-refractivity contribution is 7.89. The maximum absolute atomic E-state index is 12.5. The zero-order chi connectivity index (χ0) is 14.9. The van der Waals surface area contributed by atoms with E-state index in [1.165, 1.54) is 16.4 Å². The van der Waals surface area contributed by atoms with Gasteiger partial charge in [0.05, 0.1) is 5.56 Å². The molecule has 1 unspecified atom stereocenters. The molecule has 20 heavy (non-hydrogen) atoms. The van der Waals surface area contributed by atoms with Crippen molar-refractivity contribution in [3.8, 4) is 0 Å². The smallest absolute Gasteiger partial charge is 0.337 e. The lowest BCUT2D eigenvalue weighted by Gasteiger charge is -2.36. The lowest BCUT2D eigenvalue weighted by molar-refractivity contribution is 0.0696. The van der Waals surface area contributed by atoms with Gasteiger partial charge in [-0.2, -0.15) is 4.31 Å². The molecule has 8 heteroatoms. The second-order valence-electron chi connectivity index (χ2n) is 4.92. The number of carboxylic acid groups (broad SMARTS) is 1. The predicted molar refractivity (Wildman–Crippen MR) is 72.0 cm³/mol. The van der Waals surface area contributed by atoms with Gasteiger partial charge in [-0.25, -0.2) is 18.2 Å². The van der Waals surface area contributed by atoms with E-state index >= 15 is 0 Å². The SMILES string of the molecule is CC1CN(C)CCN1S(=O)(=O)c1ccc(C(=O)O)cn1. The van der Waals surface area contributed by atoms with Gasteiger partial charge in [-0.3, -0.25) is 0 Å². The fourth-order valence-corrected chi connectivity index (χ4v) is 3.79. The number of aromatic carboxylic acids is 1. The molecule has 2 rings (SSSR count). The fourth-order valence-electron chi connectivity index (χ4n) is 2.26. The van der Waals surface area contributed by atoms with Crippen molar-refractivity contribution in [3.05, 3.63) is 23.9 Å². The van der Waals surface area contributed by atoms with Crippen LogP contribution in [0.4, 0.5) is 0 Å². The number of hydrogen-bond acceptors (Lipinski definition) is 5. The second-order valence-corrected chi connectivity index (χ2v) is 6.75. The number of likely N-dealkylation sites (N-methyl/N-ethyl adjacent to an activating group) is 1. The van der Waals surface area contributed by atoms with Crippen molar-refractivity contribution >= 4 is 16.0 Å². The molecule has 1 aromatic rings. The van der Waals surface area contributed by atoms with E-state index < -0.39 is 16.0 Å². The van der Waals surface area contributed by atoms with Crippen molar-refractivity contribution in [1.29, 1.82) is 0 Å². The third kappa shape index (κ3) is 2.82. The van der Waals surface area contributed by atoms with Gasteiger partial charge in [0.2, 0.25) is 0 Å². The molecule has 0 aliphatic carbocycles. The summed E-state index contributed by atoms with van der Waals surface area (Å²) in [6.07, 6.45) is 1.07. The Hall–Kier alpha value is -1.51. The topological polar surface area (TPSA) is 90.8 Å². The van der Waals surface area contributed by atoms with Crippen molar-refractivity contribution in [1.82, 2.24) is 14.2 Å². The summed E-state index contributed by atoms with van der Waals surface area (Å²) in [6, 6.07) is 2.35. The van der Waals surface area contributed by atoms with Gasteiger partial charge in [-0.05, 0) is 26.1 Å². The first kappa shape index (κ1) is 14.9. The van der Waals surface area contributed by atoms with Crippen LogP contribution in [0.1, 0.15) is 17.3 Å². The Morgan fingerprint density at radius 2 is 2.10 bits per heavy atom. The summed E-state index contributed by atoms with van der Waals surface area (Å²) in [6.45, 7) is 3.57. The summed E-state index contributed by atoms with van der Waals surface area (Å²) in [4.78, 5) is 16.6. The van der Waals surface area contributed by atoms with Crippen LogP contribution in [0.25, 0.3) is 0 Å². The summed E-state index contributed by atoms with van der Waals surface area (Å²) in [7, 11) is -1.73. The van der Waals surface area contributed by atoms with E-state index in [1.54, 1.807) is 0 Å². The normalized spacial score (nSPS) is 21.8. The molecule has 0 aromatic carbocycles. The average Bonchev–Trinajstić information content (AvgIpc) is 2.38. The van der Waals surface area contributed by atoms with E-state index in [-0.39, 0.29) is 16.6 Å². The van der Waals surface area contributed by atoms with Crippen LogP contribution in [0.5, 0.6) is 0 Å². The minimum atomic E-state index is -3.67. The van der Waals surface area contributed by atoms with Crippen LogP contribution >= 0.6 is 0 Å². The molecule has 0 bridgehead atoms. The van der Waals surface area contributed by atoms with Crippen LogP contribution in [0.2, 0.25) is 0 Å². The predicted octanol–water partition coefficient (Wildman–Crippen LogP) is 0.104. The Balaban J connectivity index is 2.28. The summed E-state index contributed by atoms with van der Waals surface area (Å²) in [5.41, 5.74) is -0.0321. The summed E-state index contributed by atoms with van der Waals surface area (Å²) >= 11 is 0. The number of piperazine rings is 1. The third-order valence-corrected chi connectivity index (χ3v) is 5.26. The van der Waals surface area contributed by atoms with Crippen LogP contribution in [-0.4, -0.2) is 66.4 Å². The van der Waals surface area contributed by atoms with Crippen LogP contribution in [0.3, 0.4) is 0 Å². The van der Waals surface area contributed by atoms with Crippen molar-refractivity contribution < 1.29 is 18.3 Å². The highest BCUT2D eigenvalue weighted by Gasteiger charge is 2.33. The molecule has 0 amide bonds. The van der Waals surface area contributed by atoms with Gasteiger partial charge in [-0.15, -0.1) is 0 Å². The molecule has 1 aliphatic rings. The second kappa shape index (κ2) is 5.47. The number of pyridine rings is 1. The van der Waals surface area contributed by atoms with Crippen molar-refractivity contribution in [2.75, 3.05) is 26.7 Å². The number of hydrogen-bond donors (Lipinski definition) is 1. The van der Waals surface area contributed by atoms with E-state index in [9.17, 15) is 13.2 Å². The zero-order valence-corrected chi connectivity index (χ0v) is 12.2. The first-order valence-electron chi connectivity index (χ1n) is 6.22. The monoisotopic (exact) mass is 299 g/mol. The first-order valence-corrected chi connectivity index (χ1v) is 7.66. The highest BCUT2D eigenvalue weighted by atomic mass is 32.2. The average molecular weight is 299 g/mol. The molecule has 1 fully saturated rings. The Morgan fingerprint density at radius 3 is 2.60 bits per heavy atom. The summed E-state index contributed by atoms with van der Waals surface area (Å²) in [5, 5.41) is 8.68. The number of sulfonamides is 1. The number of nitrogens with zero attached hydrogens (tertiary/aromatic N) is 3. The summed E-state index contributed by atoms with van der Waals surface area (Å²) in [5.74, 6) is -1.13. The molecular weight excluding hydrogens is 282 g/mol. The van der Waals surface area contributed by atoms with Crippen molar-refractivity contribution in [3.63, 3.8) is 0 Å². The lowest BCUT2D eigenvalue weighted by atomic mass is 10.2. The van der Waals surface area contributed by atoms with Gasteiger partial charge < -0.3 is 10.0 Å². The Bertz CT molecular complexity index is 600. The Morgan fingerprint density at radius 1 is 1.40 bits per heavy atom. The molecule has 0 radical (unpaired) electrons. The van der Waals surface area contributed by atoms with Crippen molar-refractivity contribution in [2.24, 2.45) is 0 Å².